The van der Waals surface area contributed by atoms with Gasteiger partial charge in [-0.05, 0) is 18.7 Å². The quantitative estimate of drug-likeness (QED) is 0.717. The van der Waals surface area contributed by atoms with Crippen LogP contribution < -0.4 is 0 Å². The molecule has 0 bridgehead atoms. The molecule has 2 aromatic carbocycles. The van der Waals surface area contributed by atoms with E-state index in [1.165, 1.54) is 0 Å². The second kappa shape index (κ2) is 7.76. The number of hydrogen-bond donors (Lipinski definition) is 0. The van der Waals surface area contributed by atoms with Crippen LogP contribution in [0.2, 0.25) is 0 Å². The van der Waals surface area contributed by atoms with E-state index in [0.717, 1.165) is 49.7 Å². The minimum absolute atomic E-state index is 0.0618. The summed E-state index contributed by atoms with van der Waals surface area (Å²) >= 11 is 0. The SMILES string of the molecule is CCN1CCN(C(=O)c2cn(-c3ccccc3)nc2-c2ccccc2)CC1. The number of nitrogens with zero attached hydrogens (tertiary/aromatic N) is 4. The standard InChI is InChI=1S/C22H24N4O/c1-2-24-13-15-25(16-14-24)22(27)20-17-26(19-11-7-4-8-12-19)23-21(20)18-9-5-3-6-10-18/h3-12,17H,2,13-16H2,1H3. The molecule has 5 nitrogen and oxygen atoms in total. The van der Waals surface area contributed by atoms with Gasteiger partial charge in [-0.25, -0.2) is 4.68 Å². The first-order valence-corrected chi connectivity index (χ1v) is 9.48. The Labute approximate surface area is 159 Å². The Morgan fingerprint density at radius 1 is 0.926 bits per heavy atom. The fourth-order valence-electron chi connectivity index (χ4n) is 3.49. The van der Waals surface area contributed by atoms with Crippen LogP contribution in [-0.2, 0) is 0 Å². The monoisotopic (exact) mass is 360 g/mol. The van der Waals surface area contributed by atoms with Crippen molar-refractivity contribution in [3.8, 4) is 16.9 Å². The van der Waals surface area contributed by atoms with Crippen molar-refractivity contribution in [1.82, 2.24) is 19.6 Å². The maximum Gasteiger partial charge on any atom is 0.257 e. The van der Waals surface area contributed by atoms with Crippen molar-refractivity contribution < 1.29 is 4.79 Å². The Bertz CT molecular complexity index is 897. The van der Waals surface area contributed by atoms with E-state index in [9.17, 15) is 4.79 Å². The van der Waals surface area contributed by atoms with Crippen molar-refractivity contribution in [3.05, 3.63) is 72.4 Å². The van der Waals surface area contributed by atoms with Crippen molar-refractivity contribution in [2.75, 3.05) is 32.7 Å². The van der Waals surface area contributed by atoms with Crippen LogP contribution in [0.25, 0.3) is 16.9 Å². The summed E-state index contributed by atoms with van der Waals surface area (Å²) in [5, 5.41) is 4.76. The van der Waals surface area contributed by atoms with Gasteiger partial charge < -0.3 is 9.80 Å². The minimum atomic E-state index is 0.0618. The number of carbonyl (C=O) groups excluding carboxylic acids is 1. The van der Waals surface area contributed by atoms with Crippen molar-refractivity contribution >= 4 is 5.91 Å². The summed E-state index contributed by atoms with van der Waals surface area (Å²) in [5.74, 6) is 0.0618. The highest BCUT2D eigenvalue weighted by Crippen LogP contribution is 2.25. The van der Waals surface area contributed by atoms with Gasteiger partial charge in [-0.2, -0.15) is 5.10 Å². The van der Waals surface area contributed by atoms with Crippen molar-refractivity contribution in [3.63, 3.8) is 0 Å². The zero-order valence-corrected chi connectivity index (χ0v) is 15.6. The molecule has 0 aliphatic carbocycles. The van der Waals surface area contributed by atoms with Gasteiger partial charge in [0, 0.05) is 37.9 Å². The Kier molecular flexibility index (Phi) is 5.03. The van der Waals surface area contributed by atoms with Crippen LogP contribution in [0.5, 0.6) is 0 Å². The van der Waals surface area contributed by atoms with Crippen LogP contribution >= 0.6 is 0 Å². The third-order valence-electron chi connectivity index (χ3n) is 5.12. The number of rotatable bonds is 4. The highest BCUT2D eigenvalue weighted by Gasteiger charge is 2.26. The molecule has 4 rings (SSSR count). The number of likely N-dealkylation sites (N-methyl/N-ethyl adjacent to an activating group) is 1. The van der Waals surface area contributed by atoms with Gasteiger partial charge in [0.05, 0.1) is 11.3 Å². The van der Waals surface area contributed by atoms with Gasteiger partial charge in [-0.1, -0.05) is 55.5 Å². The van der Waals surface area contributed by atoms with Crippen LogP contribution in [0.3, 0.4) is 0 Å². The van der Waals surface area contributed by atoms with E-state index in [1.54, 1.807) is 4.68 Å². The molecule has 2 heterocycles. The third-order valence-corrected chi connectivity index (χ3v) is 5.12. The smallest absolute Gasteiger partial charge is 0.257 e. The molecule has 1 aromatic heterocycles. The second-order valence-electron chi connectivity index (χ2n) is 6.76. The molecule has 1 fully saturated rings. The van der Waals surface area contributed by atoms with Crippen LogP contribution in [0, 0.1) is 0 Å². The summed E-state index contributed by atoms with van der Waals surface area (Å²) in [6.45, 7) is 6.57. The number of amides is 1. The van der Waals surface area contributed by atoms with Crippen molar-refractivity contribution in [2.45, 2.75) is 6.92 Å². The lowest BCUT2D eigenvalue weighted by Gasteiger charge is -2.34. The van der Waals surface area contributed by atoms with E-state index < -0.39 is 0 Å². The van der Waals surface area contributed by atoms with E-state index >= 15 is 0 Å². The number of aromatic nitrogens is 2. The Morgan fingerprint density at radius 3 is 2.19 bits per heavy atom. The van der Waals surface area contributed by atoms with Crippen molar-refractivity contribution in [1.29, 1.82) is 0 Å². The molecule has 1 saturated heterocycles. The first kappa shape index (κ1) is 17.5. The van der Waals surface area contributed by atoms with Gasteiger partial charge in [0.1, 0.15) is 5.69 Å². The highest BCUT2D eigenvalue weighted by molar-refractivity contribution is 6.00. The fraction of sp³-hybridized carbons (Fsp3) is 0.273. The van der Waals surface area contributed by atoms with Gasteiger partial charge in [0.25, 0.3) is 5.91 Å². The first-order valence-electron chi connectivity index (χ1n) is 9.48. The van der Waals surface area contributed by atoms with Gasteiger partial charge in [-0.15, -0.1) is 0 Å². The van der Waals surface area contributed by atoms with Gasteiger partial charge in [-0.3, -0.25) is 4.79 Å². The van der Waals surface area contributed by atoms with E-state index in [1.807, 2.05) is 71.8 Å². The third kappa shape index (κ3) is 3.64. The average Bonchev–Trinajstić information content (AvgIpc) is 3.20. The number of hydrogen-bond acceptors (Lipinski definition) is 3. The van der Waals surface area contributed by atoms with E-state index in [2.05, 4.69) is 11.8 Å². The molecular formula is C22H24N4O. The first-order chi connectivity index (χ1) is 13.3. The van der Waals surface area contributed by atoms with Gasteiger partial charge >= 0.3 is 0 Å². The summed E-state index contributed by atoms with van der Waals surface area (Å²) < 4.78 is 1.80. The Morgan fingerprint density at radius 2 is 1.56 bits per heavy atom. The largest absolute Gasteiger partial charge is 0.336 e. The number of benzene rings is 2. The van der Waals surface area contributed by atoms with Crippen LogP contribution in [0.1, 0.15) is 17.3 Å². The number of piperazine rings is 1. The lowest BCUT2D eigenvalue weighted by Crippen LogP contribution is -2.48. The Hall–Kier alpha value is -2.92. The summed E-state index contributed by atoms with van der Waals surface area (Å²) in [4.78, 5) is 17.6. The maximum atomic E-state index is 13.3. The molecule has 1 aliphatic heterocycles. The normalized spacial score (nSPS) is 15.1. The van der Waals surface area contributed by atoms with E-state index in [4.69, 9.17) is 5.10 Å². The van der Waals surface area contributed by atoms with Crippen LogP contribution in [0.15, 0.2) is 66.9 Å². The molecule has 138 valence electrons. The molecule has 0 atom stereocenters. The lowest BCUT2D eigenvalue weighted by atomic mass is 10.1. The molecule has 1 aliphatic rings. The predicted octanol–water partition coefficient (Wildman–Crippen LogP) is 3.32. The molecule has 0 saturated carbocycles. The van der Waals surface area contributed by atoms with Gasteiger partial charge in [0.15, 0.2) is 0 Å². The summed E-state index contributed by atoms with van der Waals surface area (Å²) in [6.07, 6.45) is 1.87. The van der Waals surface area contributed by atoms with Crippen LogP contribution in [0.4, 0.5) is 0 Å². The minimum Gasteiger partial charge on any atom is -0.336 e. The average molecular weight is 360 g/mol. The van der Waals surface area contributed by atoms with Crippen LogP contribution in [-0.4, -0.2) is 58.2 Å². The predicted molar refractivity (Wildman–Crippen MR) is 107 cm³/mol. The topological polar surface area (TPSA) is 41.4 Å². The molecule has 0 spiro atoms. The van der Waals surface area contributed by atoms with E-state index in [-0.39, 0.29) is 5.91 Å². The van der Waals surface area contributed by atoms with E-state index in [0.29, 0.717) is 5.56 Å². The molecule has 0 N–H and O–H groups in total. The van der Waals surface area contributed by atoms with Gasteiger partial charge in [0.2, 0.25) is 0 Å². The lowest BCUT2D eigenvalue weighted by molar-refractivity contribution is 0.0644. The Balaban J connectivity index is 1.70. The molecular weight excluding hydrogens is 336 g/mol. The summed E-state index contributed by atoms with van der Waals surface area (Å²) in [6, 6.07) is 19.9. The highest BCUT2D eigenvalue weighted by atomic mass is 16.2. The maximum absolute atomic E-state index is 13.3. The number of carbonyl (C=O) groups is 1. The summed E-state index contributed by atoms with van der Waals surface area (Å²) in [5.41, 5.74) is 3.31. The molecule has 5 heteroatoms. The summed E-state index contributed by atoms with van der Waals surface area (Å²) in [7, 11) is 0. The van der Waals surface area contributed by atoms with Crippen molar-refractivity contribution in [2.24, 2.45) is 0 Å². The zero-order valence-electron chi connectivity index (χ0n) is 15.6. The molecule has 27 heavy (non-hydrogen) atoms. The molecule has 0 radical (unpaired) electrons. The number of para-hydroxylation sites is 1. The molecule has 3 aromatic rings. The zero-order chi connectivity index (χ0) is 18.6. The second-order valence-corrected chi connectivity index (χ2v) is 6.76. The molecule has 0 unspecified atom stereocenters. The fourth-order valence-corrected chi connectivity index (χ4v) is 3.49. The molecule has 1 amide bonds.